The summed E-state index contributed by atoms with van der Waals surface area (Å²) >= 11 is 0. The van der Waals surface area contributed by atoms with Gasteiger partial charge in [-0.25, -0.2) is 0 Å². The summed E-state index contributed by atoms with van der Waals surface area (Å²) in [5, 5.41) is 3.19. The molecule has 0 spiro atoms. The van der Waals surface area contributed by atoms with E-state index in [9.17, 15) is 4.79 Å². The second kappa shape index (κ2) is 6.53. The second-order valence-electron chi connectivity index (χ2n) is 4.94. The lowest BCUT2D eigenvalue weighted by Gasteiger charge is -2.11. The van der Waals surface area contributed by atoms with E-state index in [1.54, 1.807) is 4.57 Å². The first-order chi connectivity index (χ1) is 9.67. The Morgan fingerprint density at radius 2 is 1.75 bits per heavy atom. The maximum Gasteiger partial charge on any atom is 0.255 e. The molecule has 1 aromatic heterocycles. The van der Waals surface area contributed by atoms with E-state index in [1.165, 1.54) is 5.56 Å². The summed E-state index contributed by atoms with van der Waals surface area (Å²) in [6.07, 6.45) is 1.03. The van der Waals surface area contributed by atoms with Gasteiger partial charge in [-0.1, -0.05) is 44.2 Å². The van der Waals surface area contributed by atoms with Gasteiger partial charge in [0.05, 0.1) is 5.69 Å². The van der Waals surface area contributed by atoms with Crippen molar-refractivity contribution in [2.24, 2.45) is 7.05 Å². The Morgan fingerprint density at radius 3 is 2.35 bits per heavy atom. The van der Waals surface area contributed by atoms with Gasteiger partial charge >= 0.3 is 0 Å². The van der Waals surface area contributed by atoms with E-state index in [-0.39, 0.29) is 5.56 Å². The molecule has 0 aliphatic rings. The average Bonchev–Trinajstić information content (AvgIpc) is 2.49. The molecule has 0 fully saturated rings. The third kappa shape index (κ3) is 2.99. The van der Waals surface area contributed by atoms with Crippen LogP contribution in [0.2, 0.25) is 0 Å². The van der Waals surface area contributed by atoms with Gasteiger partial charge in [0, 0.05) is 19.2 Å². The average molecular weight is 270 g/mol. The van der Waals surface area contributed by atoms with Crippen LogP contribution in [-0.4, -0.2) is 11.1 Å². The number of aryl methyl sites for hydroxylation is 1. The zero-order valence-electron chi connectivity index (χ0n) is 12.4. The van der Waals surface area contributed by atoms with Gasteiger partial charge < -0.3 is 9.88 Å². The van der Waals surface area contributed by atoms with Crippen molar-refractivity contribution in [3.63, 3.8) is 0 Å². The second-order valence-corrected chi connectivity index (χ2v) is 4.94. The van der Waals surface area contributed by atoms with Crippen molar-refractivity contribution in [1.29, 1.82) is 0 Å². The molecule has 0 aliphatic carbocycles. The summed E-state index contributed by atoms with van der Waals surface area (Å²) in [6.45, 7) is 5.66. The minimum absolute atomic E-state index is 0.0722. The van der Waals surface area contributed by atoms with Crippen molar-refractivity contribution >= 4 is 0 Å². The lowest BCUT2D eigenvalue weighted by atomic mass is 10.1. The molecule has 0 saturated carbocycles. The van der Waals surface area contributed by atoms with Crippen molar-refractivity contribution in [3.8, 4) is 11.3 Å². The van der Waals surface area contributed by atoms with Crippen molar-refractivity contribution < 1.29 is 0 Å². The van der Waals surface area contributed by atoms with Gasteiger partial charge in [0.15, 0.2) is 0 Å². The number of rotatable bonds is 5. The zero-order valence-corrected chi connectivity index (χ0v) is 12.4. The van der Waals surface area contributed by atoms with Crippen molar-refractivity contribution in [3.05, 3.63) is 57.9 Å². The minimum Gasteiger partial charge on any atom is -0.313 e. The summed E-state index contributed by atoms with van der Waals surface area (Å²) in [5.74, 6) is 0. The Kier molecular flexibility index (Phi) is 4.74. The van der Waals surface area contributed by atoms with Crippen molar-refractivity contribution in [1.82, 2.24) is 9.88 Å². The van der Waals surface area contributed by atoms with Crippen LogP contribution in [0.5, 0.6) is 0 Å². The molecule has 1 N–H and O–H groups in total. The van der Waals surface area contributed by atoms with E-state index in [0.29, 0.717) is 6.54 Å². The highest BCUT2D eigenvalue weighted by molar-refractivity contribution is 5.60. The van der Waals surface area contributed by atoms with Gasteiger partial charge in [-0.05, 0) is 30.2 Å². The first-order valence-corrected chi connectivity index (χ1v) is 7.16. The number of pyridine rings is 1. The van der Waals surface area contributed by atoms with Gasteiger partial charge in [0.2, 0.25) is 0 Å². The summed E-state index contributed by atoms with van der Waals surface area (Å²) < 4.78 is 1.73. The van der Waals surface area contributed by atoms with Crippen molar-refractivity contribution in [2.75, 3.05) is 6.54 Å². The van der Waals surface area contributed by atoms with E-state index in [4.69, 9.17) is 0 Å². The molecule has 0 atom stereocenters. The van der Waals surface area contributed by atoms with E-state index in [0.717, 1.165) is 29.8 Å². The Morgan fingerprint density at radius 1 is 1.05 bits per heavy atom. The maximum atomic E-state index is 12.3. The fraction of sp³-hybridized carbons (Fsp3) is 0.353. The van der Waals surface area contributed by atoms with Crippen LogP contribution in [0.15, 0.2) is 41.2 Å². The summed E-state index contributed by atoms with van der Waals surface area (Å²) in [4.78, 5) is 12.3. The van der Waals surface area contributed by atoms with E-state index >= 15 is 0 Å². The molecule has 1 aromatic carbocycles. The third-order valence-corrected chi connectivity index (χ3v) is 3.61. The normalized spacial score (nSPS) is 10.8. The van der Waals surface area contributed by atoms with Crippen LogP contribution in [-0.2, 0) is 20.0 Å². The molecular weight excluding hydrogens is 248 g/mol. The lowest BCUT2D eigenvalue weighted by Crippen LogP contribution is -2.26. The van der Waals surface area contributed by atoms with Crippen LogP contribution < -0.4 is 10.9 Å². The number of benzene rings is 1. The number of aromatic nitrogens is 1. The van der Waals surface area contributed by atoms with Crippen LogP contribution in [0, 0.1) is 0 Å². The predicted molar refractivity (Wildman–Crippen MR) is 83.9 cm³/mol. The molecule has 0 bridgehead atoms. The predicted octanol–water partition coefficient (Wildman–Crippen LogP) is 2.72. The van der Waals surface area contributed by atoms with Gasteiger partial charge in [0.25, 0.3) is 5.56 Å². The first kappa shape index (κ1) is 14.5. The number of hydrogen-bond donors (Lipinski definition) is 1. The third-order valence-electron chi connectivity index (χ3n) is 3.61. The summed E-state index contributed by atoms with van der Waals surface area (Å²) in [7, 11) is 1.83. The lowest BCUT2D eigenvalue weighted by molar-refractivity contribution is 0.708. The molecule has 106 valence electrons. The topological polar surface area (TPSA) is 34.0 Å². The van der Waals surface area contributed by atoms with E-state index in [2.05, 4.69) is 36.5 Å². The number of nitrogens with one attached hydrogen (secondary N) is 1. The Hall–Kier alpha value is -1.87. The molecule has 0 unspecified atom stereocenters. The van der Waals surface area contributed by atoms with Crippen LogP contribution in [0.25, 0.3) is 11.3 Å². The monoisotopic (exact) mass is 270 g/mol. The van der Waals surface area contributed by atoms with E-state index < -0.39 is 0 Å². The summed E-state index contributed by atoms with van der Waals surface area (Å²) in [5.41, 5.74) is 4.23. The van der Waals surface area contributed by atoms with Gasteiger partial charge in [-0.2, -0.15) is 0 Å². The minimum atomic E-state index is 0.0722. The van der Waals surface area contributed by atoms with Crippen LogP contribution in [0.4, 0.5) is 0 Å². The van der Waals surface area contributed by atoms with Crippen molar-refractivity contribution in [2.45, 2.75) is 26.8 Å². The fourth-order valence-corrected chi connectivity index (χ4v) is 2.28. The largest absolute Gasteiger partial charge is 0.313 e. The van der Waals surface area contributed by atoms with Gasteiger partial charge in [-0.3, -0.25) is 4.79 Å². The SMILES string of the molecule is CCNCc1ccc(-c2ccc(CC)cc2)n(C)c1=O. The highest BCUT2D eigenvalue weighted by atomic mass is 16.1. The Labute approximate surface area is 120 Å². The standard InChI is InChI=1S/C17H22N2O/c1-4-13-6-8-14(9-7-13)16-11-10-15(12-18-5-2)17(20)19(16)3/h6-11,18H,4-5,12H2,1-3H3. The molecule has 3 nitrogen and oxygen atoms in total. The van der Waals surface area contributed by atoms with Crippen LogP contribution >= 0.6 is 0 Å². The van der Waals surface area contributed by atoms with Crippen LogP contribution in [0.1, 0.15) is 25.0 Å². The molecule has 2 aromatic rings. The molecule has 0 radical (unpaired) electrons. The first-order valence-electron chi connectivity index (χ1n) is 7.16. The molecule has 20 heavy (non-hydrogen) atoms. The zero-order chi connectivity index (χ0) is 14.5. The smallest absolute Gasteiger partial charge is 0.255 e. The van der Waals surface area contributed by atoms with Gasteiger partial charge in [-0.15, -0.1) is 0 Å². The molecule has 0 saturated heterocycles. The molecule has 0 amide bonds. The quantitative estimate of drug-likeness (QED) is 0.906. The van der Waals surface area contributed by atoms with Crippen LogP contribution in [0.3, 0.4) is 0 Å². The number of hydrogen-bond acceptors (Lipinski definition) is 2. The Bertz CT molecular complexity index is 626. The molecule has 0 aliphatic heterocycles. The highest BCUT2D eigenvalue weighted by Gasteiger charge is 2.07. The Balaban J connectivity index is 2.37. The molecular formula is C17H22N2O. The highest BCUT2D eigenvalue weighted by Crippen LogP contribution is 2.18. The maximum absolute atomic E-state index is 12.3. The summed E-state index contributed by atoms with van der Waals surface area (Å²) in [6, 6.07) is 12.3. The molecule has 1 heterocycles. The molecule has 2 rings (SSSR count). The molecule has 3 heteroatoms. The van der Waals surface area contributed by atoms with Gasteiger partial charge in [0.1, 0.15) is 0 Å². The fourth-order valence-electron chi connectivity index (χ4n) is 2.28. The van der Waals surface area contributed by atoms with E-state index in [1.807, 2.05) is 26.1 Å². The number of nitrogens with zero attached hydrogens (tertiary/aromatic N) is 1.